The summed E-state index contributed by atoms with van der Waals surface area (Å²) in [6.07, 6.45) is 0. The van der Waals surface area contributed by atoms with E-state index in [0.29, 0.717) is 28.0 Å². The molecule has 0 aromatic heterocycles. The monoisotopic (exact) mass is 450 g/mol. The van der Waals surface area contributed by atoms with Gasteiger partial charge in [-0.1, -0.05) is 28.5 Å². The number of hydrogen-bond donors (Lipinski definition) is 4. The Labute approximate surface area is 165 Å². The van der Waals surface area contributed by atoms with Crippen molar-refractivity contribution in [1.82, 2.24) is 0 Å². The van der Waals surface area contributed by atoms with Gasteiger partial charge in [-0.2, -0.15) is 0 Å². The fourth-order valence-corrected chi connectivity index (χ4v) is 2.37. The highest BCUT2D eigenvalue weighted by Crippen LogP contribution is 2.27. The van der Waals surface area contributed by atoms with Gasteiger partial charge in [0.05, 0.1) is 4.47 Å². The van der Waals surface area contributed by atoms with Crippen molar-refractivity contribution >= 4 is 52.4 Å². The number of benzene rings is 2. The zero-order chi connectivity index (χ0) is 16.8. The van der Waals surface area contributed by atoms with Crippen molar-refractivity contribution in [2.45, 2.75) is 6.61 Å². The number of hydrogen-bond acceptors (Lipinski definition) is 5. The molecule has 0 amide bonds. The maximum atomic E-state index is 8.70. The number of oxime groups is 2. The molecule has 0 bridgehead atoms. The lowest BCUT2D eigenvalue weighted by Crippen LogP contribution is -2.13. The minimum absolute atomic E-state index is 0. The van der Waals surface area contributed by atoms with E-state index in [1.165, 1.54) is 0 Å². The largest absolute Gasteiger partial charge is 0.488 e. The van der Waals surface area contributed by atoms with Crippen LogP contribution in [0.15, 0.2) is 57.2 Å². The van der Waals surface area contributed by atoms with E-state index in [1.807, 2.05) is 6.07 Å². The fourth-order valence-electron chi connectivity index (χ4n) is 1.87. The number of ether oxygens (including phenoxy) is 1. The Kier molecular flexibility index (Phi) is 9.73. The van der Waals surface area contributed by atoms with Crippen molar-refractivity contribution in [3.8, 4) is 5.75 Å². The third-order valence-corrected chi connectivity index (χ3v) is 3.68. The Bertz CT molecular complexity index is 772. The second kappa shape index (κ2) is 10.7. The van der Waals surface area contributed by atoms with Gasteiger partial charge in [0.1, 0.15) is 12.4 Å². The topological polar surface area (TPSA) is 126 Å². The molecule has 0 fully saturated rings. The Balaban J connectivity index is 0.00000288. The first kappa shape index (κ1) is 22.8. The number of nitrogens with zero attached hydrogens (tertiary/aromatic N) is 2. The van der Waals surface area contributed by atoms with Gasteiger partial charge < -0.3 is 26.6 Å². The Hall–Kier alpha value is -2.16. The molecule has 0 atom stereocenters. The molecule has 0 aliphatic heterocycles. The zero-order valence-electron chi connectivity index (χ0n) is 12.8. The zero-order valence-corrected chi connectivity index (χ0v) is 16.0. The van der Waals surface area contributed by atoms with Crippen LogP contribution in [-0.2, 0) is 6.61 Å². The molecule has 0 aliphatic rings. The summed E-state index contributed by atoms with van der Waals surface area (Å²) in [7, 11) is 0. The molecule has 0 heterocycles. The minimum Gasteiger partial charge on any atom is -0.488 e. The van der Waals surface area contributed by atoms with Gasteiger partial charge in [0.15, 0.2) is 11.7 Å². The van der Waals surface area contributed by atoms with Gasteiger partial charge in [-0.15, -0.1) is 24.8 Å². The lowest BCUT2D eigenvalue weighted by atomic mass is 10.1. The summed E-state index contributed by atoms with van der Waals surface area (Å²) >= 11 is 3.38. The number of rotatable bonds is 5. The predicted molar refractivity (Wildman–Crippen MR) is 104 cm³/mol. The van der Waals surface area contributed by atoms with Crippen LogP contribution in [0.3, 0.4) is 0 Å². The van der Waals surface area contributed by atoms with Crippen molar-refractivity contribution in [3.05, 3.63) is 63.6 Å². The van der Waals surface area contributed by atoms with E-state index >= 15 is 0 Å². The van der Waals surface area contributed by atoms with Gasteiger partial charge in [0.2, 0.25) is 0 Å². The van der Waals surface area contributed by atoms with Crippen LogP contribution in [0, 0.1) is 0 Å². The van der Waals surface area contributed by atoms with E-state index < -0.39 is 0 Å². The van der Waals surface area contributed by atoms with Crippen molar-refractivity contribution < 1.29 is 15.2 Å². The smallest absolute Gasteiger partial charge is 0.170 e. The van der Waals surface area contributed by atoms with Crippen LogP contribution in [0.2, 0.25) is 0 Å². The summed E-state index contributed by atoms with van der Waals surface area (Å²) in [4.78, 5) is 0. The molecule has 6 N–H and O–H groups in total. The molecule has 0 saturated heterocycles. The standard InChI is InChI=1S/C15H15BrN4O3.2ClH/c16-12-7-11(15(18)20-22)4-5-13(12)23-8-9-2-1-3-10(6-9)14(17)19-21;;/h1-7,21-22H,8H2,(H2,17,19)(H2,18,20);2*1H. The minimum atomic E-state index is 0. The van der Waals surface area contributed by atoms with Crippen LogP contribution in [-0.4, -0.2) is 22.1 Å². The van der Waals surface area contributed by atoms with Crippen LogP contribution in [0.25, 0.3) is 0 Å². The highest BCUT2D eigenvalue weighted by atomic mass is 79.9. The van der Waals surface area contributed by atoms with Gasteiger partial charge in [-0.3, -0.25) is 0 Å². The summed E-state index contributed by atoms with van der Waals surface area (Å²) < 4.78 is 6.40. The lowest BCUT2D eigenvalue weighted by Gasteiger charge is -2.10. The van der Waals surface area contributed by atoms with Crippen molar-refractivity contribution in [2.24, 2.45) is 21.8 Å². The molecule has 0 unspecified atom stereocenters. The average Bonchev–Trinajstić information content (AvgIpc) is 2.59. The maximum absolute atomic E-state index is 8.70. The Morgan fingerprint density at radius 2 is 1.56 bits per heavy atom. The van der Waals surface area contributed by atoms with E-state index in [2.05, 4.69) is 26.2 Å². The molecule has 2 aromatic rings. The van der Waals surface area contributed by atoms with E-state index in [4.69, 9.17) is 26.6 Å². The molecular weight excluding hydrogens is 435 g/mol. The maximum Gasteiger partial charge on any atom is 0.170 e. The van der Waals surface area contributed by atoms with E-state index in [9.17, 15) is 0 Å². The van der Waals surface area contributed by atoms with Crippen LogP contribution < -0.4 is 16.2 Å². The van der Waals surface area contributed by atoms with Crippen LogP contribution in [0.4, 0.5) is 0 Å². The highest BCUT2D eigenvalue weighted by Gasteiger charge is 2.07. The highest BCUT2D eigenvalue weighted by molar-refractivity contribution is 9.10. The Morgan fingerprint density at radius 1 is 0.960 bits per heavy atom. The molecule has 2 rings (SSSR count). The third kappa shape index (κ3) is 6.00. The van der Waals surface area contributed by atoms with Crippen LogP contribution in [0.1, 0.15) is 16.7 Å². The molecule has 7 nitrogen and oxygen atoms in total. The summed E-state index contributed by atoms with van der Waals surface area (Å²) in [6.45, 7) is 0.300. The van der Waals surface area contributed by atoms with Crippen LogP contribution >= 0.6 is 40.7 Å². The second-order valence-corrected chi connectivity index (χ2v) is 5.46. The van der Waals surface area contributed by atoms with Gasteiger partial charge in [-0.25, -0.2) is 0 Å². The molecule has 0 spiro atoms. The van der Waals surface area contributed by atoms with Crippen molar-refractivity contribution in [1.29, 1.82) is 0 Å². The molecule has 136 valence electrons. The second-order valence-electron chi connectivity index (χ2n) is 4.60. The average molecular weight is 452 g/mol. The fraction of sp³-hybridized carbons (Fsp3) is 0.0667. The van der Waals surface area contributed by atoms with Gasteiger partial charge in [-0.05, 0) is 45.8 Å². The van der Waals surface area contributed by atoms with Crippen LogP contribution in [0.5, 0.6) is 5.75 Å². The van der Waals surface area contributed by atoms with E-state index in [-0.39, 0.29) is 36.5 Å². The number of nitrogens with two attached hydrogens (primary N) is 2. The third-order valence-electron chi connectivity index (χ3n) is 3.06. The van der Waals surface area contributed by atoms with Gasteiger partial charge in [0, 0.05) is 11.1 Å². The van der Waals surface area contributed by atoms with E-state index in [1.54, 1.807) is 36.4 Å². The number of amidine groups is 2. The molecular formula is C15H17BrCl2N4O3. The molecule has 0 aliphatic carbocycles. The normalized spacial score (nSPS) is 11.2. The molecule has 2 aromatic carbocycles. The lowest BCUT2D eigenvalue weighted by molar-refractivity contribution is 0.304. The van der Waals surface area contributed by atoms with Crippen molar-refractivity contribution in [3.63, 3.8) is 0 Å². The van der Waals surface area contributed by atoms with E-state index in [0.717, 1.165) is 5.56 Å². The quantitative estimate of drug-likeness (QED) is 0.240. The van der Waals surface area contributed by atoms with Crippen molar-refractivity contribution in [2.75, 3.05) is 0 Å². The summed E-state index contributed by atoms with van der Waals surface area (Å²) in [5, 5.41) is 23.3. The summed E-state index contributed by atoms with van der Waals surface area (Å²) in [5.41, 5.74) is 13.1. The first-order valence-corrected chi connectivity index (χ1v) is 7.31. The first-order chi connectivity index (χ1) is 11.0. The number of halogens is 3. The van der Waals surface area contributed by atoms with Gasteiger partial charge >= 0.3 is 0 Å². The summed E-state index contributed by atoms with van der Waals surface area (Å²) in [6, 6.07) is 12.3. The molecule has 25 heavy (non-hydrogen) atoms. The molecule has 10 heteroatoms. The molecule has 0 saturated carbocycles. The SMILES string of the molecule is Cl.Cl.N/C(=N\O)c1cccc(COc2ccc(/C(N)=N/O)cc2Br)c1. The first-order valence-electron chi connectivity index (χ1n) is 6.52. The van der Waals surface area contributed by atoms with Gasteiger partial charge in [0.25, 0.3) is 0 Å². The summed E-state index contributed by atoms with van der Waals surface area (Å²) in [5.74, 6) is 0.661. The predicted octanol–water partition coefficient (Wildman–Crippen LogP) is 3.06. The molecule has 0 radical (unpaired) electrons. The Morgan fingerprint density at radius 3 is 2.12 bits per heavy atom.